The van der Waals surface area contributed by atoms with E-state index < -0.39 is 0 Å². The molecule has 1 heterocycles. The van der Waals surface area contributed by atoms with Gasteiger partial charge in [0.2, 0.25) is 11.7 Å². The lowest BCUT2D eigenvalue weighted by molar-refractivity contribution is -0.119. The number of Topliss-reactive ketones (excluding diaryl/α,β-unsaturated/α-hetero) is 1. The summed E-state index contributed by atoms with van der Waals surface area (Å²) in [7, 11) is 0. The van der Waals surface area contributed by atoms with Crippen molar-refractivity contribution in [2.24, 2.45) is 0 Å². The average molecular weight is 309 g/mol. The number of aromatic nitrogens is 2. The van der Waals surface area contributed by atoms with E-state index in [9.17, 15) is 4.79 Å². The van der Waals surface area contributed by atoms with Crippen LogP contribution in [0.1, 0.15) is 32.1 Å². The number of carbonyl (C=O) groups is 1. The summed E-state index contributed by atoms with van der Waals surface area (Å²) in [5, 5.41) is 3.93. The maximum absolute atomic E-state index is 11.5. The van der Waals surface area contributed by atoms with Crippen LogP contribution in [0.2, 0.25) is 0 Å². The van der Waals surface area contributed by atoms with Crippen LogP contribution in [0.3, 0.4) is 0 Å². The van der Waals surface area contributed by atoms with Crippen molar-refractivity contribution in [3.63, 3.8) is 0 Å². The van der Waals surface area contributed by atoms with Crippen molar-refractivity contribution < 1.29 is 9.32 Å². The van der Waals surface area contributed by atoms with Crippen molar-refractivity contribution in [2.45, 2.75) is 26.2 Å². The van der Waals surface area contributed by atoms with E-state index in [4.69, 9.17) is 4.52 Å². The molecule has 0 amide bonds. The summed E-state index contributed by atoms with van der Waals surface area (Å²) < 4.78 is 6.08. The number of hydrogen-bond donors (Lipinski definition) is 0. The van der Waals surface area contributed by atoms with Gasteiger partial charge in [-0.25, -0.2) is 0 Å². The van der Waals surface area contributed by atoms with Gasteiger partial charge < -0.3 is 4.52 Å². The fourth-order valence-corrected chi connectivity index (χ4v) is 2.23. The monoisotopic (exact) mass is 308 g/mol. The molecule has 0 aliphatic carbocycles. The minimum Gasteiger partial charge on any atom is -0.338 e. The van der Waals surface area contributed by atoms with Crippen LogP contribution in [0.4, 0.5) is 0 Å². The third-order valence-corrected chi connectivity index (χ3v) is 3.45. The highest BCUT2D eigenvalue weighted by Gasteiger charge is 2.22. The van der Waals surface area contributed by atoms with Crippen LogP contribution in [-0.4, -0.2) is 15.9 Å². The Morgan fingerprint density at radius 2 is 2.17 bits per heavy atom. The van der Waals surface area contributed by atoms with Crippen molar-refractivity contribution in [3.05, 3.63) is 34.6 Å². The number of benzene rings is 1. The zero-order chi connectivity index (χ0) is 13.1. The molecule has 0 bridgehead atoms. The molecule has 2 rings (SSSR count). The number of halogens is 1. The normalized spacial score (nSPS) is 12.4. The molecule has 5 heteroatoms. The lowest BCUT2D eigenvalue weighted by atomic mass is 10.0. The van der Waals surface area contributed by atoms with Crippen molar-refractivity contribution in [1.29, 1.82) is 0 Å². The minimum absolute atomic E-state index is 0.0415. The first kappa shape index (κ1) is 13.0. The molecule has 94 valence electrons. The predicted molar refractivity (Wildman–Crippen MR) is 71.1 cm³/mol. The van der Waals surface area contributed by atoms with Crippen LogP contribution in [0.25, 0.3) is 11.4 Å². The second kappa shape index (κ2) is 5.44. The van der Waals surface area contributed by atoms with Crippen molar-refractivity contribution >= 4 is 21.7 Å². The highest BCUT2D eigenvalue weighted by molar-refractivity contribution is 9.10. The van der Waals surface area contributed by atoms with Gasteiger partial charge in [0.25, 0.3) is 0 Å². The molecule has 1 atom stereocenters. The fourth-order valence-electron chi connectivity index (χ4n) is 1.76. The van der Waals surface area contributed by atoms with Crippen LogP contribution in [-0.2, 0) is 4.79 Å². The Hall–Kier alpha value is -1.49. The Kier molecular flexibility index (Phi) is 3.91. The maximum Gasteiger partial charge on any atom is 0.237 e. The van der Waals surface area contributed by atoms with Crippen molar-refractivity contribution in [3.8, 4) is 11.4 Å². The van der Waals surface area contributed by atoms with Gasteiger partial charge in [0.1, 0.15) is 5.78 Å². The zero-order valence-corrected chi connectivity index (χ0v) is 11.8. The molecule has 4 nitrogen and oxygen atoms in total. The second-order valence-electron chi connectivity index (χ2n) is 4.01. The number of ketones is 1. The molecule has 0 spiro atoms. The Labute approximate surface area is 114 Å². The maximum atomic E-state index is 11.5. The summed E-state index contributed by atoms with van der Waals surface area (Å²) in [5.74, 6) is 0.612. The molecule has 2 aromatic rings. The van der Waals surface area contributed by atoms with Crippen LogP contribution >= 0.6 is 15.9 Å². The third-order valence-electron chi connectivity index (χ3n) is 2.75. The van der Waals surface area contributed by atoms with E-state index in [1.807, 2.05) is 31.2 Å². The molecular formula is C13H13BrN2O2. The number of carbonyl (C=O) groups excluding carboxylic acids is 1. The third kappa shape index (κ3) is 2.51. The van der Waals surface area contributed by atoms with E-state index in [0.717, 1.165) is 10.0 Å². The molecule has 0 aliphatic rings. The van der Waals surface area contributed by atoms with Crippen LogP contribution in [0.15, 0.2) is 33.3 Å². The second-order valence-corrected chi connectivity index (χ2v) is 4.86. The standard InChI is InChI=1S/C13H13BrN2O2/c1-3-9(8(2)17)13-15-12(16-18-13)10-6-4-5-7-11(10)14/h4-7,9H,3H2,1-2H3. The molecular weight excluding hydrogens is 296 g/mol. The van der Waals surface area contributed by atoms with E-state index in [-0.39, 0.29) is 11.7 Å². The lowest BCUT2D eigenvalue weighted by Gasteiger charge is -2.03. The van der Waals surface area contributed by atoms with Gasteiger partial charge >= 0.3 is 0 Å². The van der Waals surface area contributed by atoms with E-state index in [1.54, 1.807) is 0 Å². The van der Waals surface area contributed by atoms with E-state index in [1.165, 1.54) is 6.92 Å². The first-order valence-electron chi connectivity index (χ1n) is 5.72. The van der Waals surface area contributed by atoms with Gasteiger partial charge in [-0.1, -0.05) is 40.1 Å². The SMILES string of the molecule is CCC(C(C)=O)c1nc(-c2ccccc2Br)no1. The lowest BCUT2D eigenvalue weighted by Crippen LogP contribution is -2.07. The molecule has 0 aliphatic heterocycles. The minimum atomic E-state index is -0.311. The molecule has 1 unspecified atom stereocenters. The molecule has 0 N–H and O–H groups in total. The van der Waals surface area contributed by atoms with Gasteiger partial charge in [-0.15, -0.1) is 0 Å². The van der Waals surface area contributed by atoms with E-state index >= 15 is 0 Å². The topological polar surface area (TPSA) is 56.0 Å². The van der Waals surface area contributed by atoms with Crippen LogP contribution < -0.4 is 0 Å². The Bertz CT molecular complexity index is 566. The summed E-state index contributed by atoms with van der Waals surface area (Å²) in [6.45, 7) is 3.46. The number of nitrogens with zero attached hydrogens (tertiary/aromatic N) is 2. The van der Waals surface area contributed by atoms with Gasteiger partial charge in [0, 0.05) is 10.0 Å². The number of hydrogen-bond acceptors (Lipinski definition) is 4. The molecule has 0 saturated carbocycles. The average Bonchev–Trinajstić information content (AvgIpc) is 2.79. The van der Waals surface area contributed by atoms with Crippen LogP contribution in [0.5, 0.6) is 0 Å². The Morgan fingerprint density at radius 1 is 1.44 bits per heavy atom. The highest BCUT2D eigenvalue weighted by Crippen LogP contribution is 2.27. The van der Waals surface area contributed by atoms with Gasteiger partial charge in [-0.2, -0.15) is 4.98 Å². The zero-order valence-electron chi connectivity index (χ0n) is 10.2. The highest BCUT2D eigenvalue weighted by atomic mass is 79.9. The van der Waals surface area contributed by atoms with Crippen molar-refractivity contribution in [2.75, 3.05) is 0 Å². The van der Waals surface area contributed by atoms with E-state index in [2.05, 4.69) is 26.1 Å². The Balaban J connectivity index is 2.36. The first-order valence-corrected chi connectivity index (χ1v) is 6.51. The first-order chi connectivity index (χ1) is 8.63. The summed E-state index contributed by atoms with van der Waals surface area (Å²) >= 11 is 3.44. The van der Waals surface area contributed by atoms with Gasteiger partial charge in [0.05, 0.1) is 5.92 Å². The summed E-state index contributed by atoms with van der Waals surface area (Å²) in [5.41, 5.74) is 0.853. The number of rotatable bonds is 4. The van der Waals surface area contributed by atoms with E-state index in [0.29, 0.717) is 18.1 Å². The van der Waals surface area contributed by atoms with Crippen molar-refractivity contribution in [1.82, 2.24) is 10.1 Å². The summed E-state index contributed by atoms with van der Waals surface area (Å²) in [6.07, 6.45) is 0.660. The largest absolute Gasteiger partial charge is 0.338 e. The summed E-state index contributed by atoms with van der Waals surface area (Å²) in [4.78, 5) is 15.8. The van der Waals surface area contributed by atoms with Crippen LogP contribution in [0, 0.1) is 0 Å². The molecule has 0 radical (unpaired) electrons. The Morgan fingerprint density at radius 3 is 2.78 bits per heavy atom. The van der Waals surface area contributed by atoms with Gasteiger partial charge in [-0.3, -0.25) is 4.79 Å². The fraction of sp³-hybridized carbons (Fsp3) is 0.308. The molecule has 0 saturated heterocycles. The van der Waals surface area contributed by atoms with Gasteiger partial charge in [-0.05, 0) is 25.5 Å². The molecule has 1 aromatic carbocycles. The predicted octanol–water partition coefficient (Wildman–Crippen LogP) is 3.58. The molecule has 1 aromatic heterocycles. The summed E-state index contributed by atoms with van der Waals surface area (Å²) in [6, 6.07) is 7.62. The smallest absolute Gasteiger partial charge is 0.237 e. The molecule has 0 fully saturated rings. The molecule has 18 heavy (non-hydrogen) atoms. The quantitative estimate of drug-likeness (QED) is 0.866. The van der Waals surface area contributed by atoms with Gasteiger partial charge in [0.15, 0.2) is 0 Å².